The van der Waals surface area contributed by atoms with E-state index in [2.05, 4.69) is 26.6 Å². The molecule has 0 saturated heterocycles. The lowest BCUT2D eigenvalue weighted by Gasteiger charge is -2.18. The second-order valence-corrected chi connectivity index (χ2v) is 7.26. The SMILES string of the molecule is NC(=O)COC(=O)[C@H](Cc1ccccc1Br)NC(=O)CNC(=O)OCc1ccccc1. The van der Waals surface area contributed by atoms with Gasteiger partial charge >= 0.3 is 12.1 Å². The van der Waals surface area contributed by atoms with E-state index in [0.29, 0.717) is 0 Å². The van der Waals surface area contributed by atoms with Crippen LogP contribution in [-0.4, -0.2) is 43.1 Å². The molecule has 4 N–H and O–H groups in total. The van der Waals surface area contributed by atoms with Crippen molar-refractivity contribution in [3.63, 3.8) is 0 Å². The number of halogens is 1. The fraction of sp³-hybridized carbons (Fsp3) is 0.238. The van der Waals surface area contributed by atoms with Gasteiger partial charge in [-0.2, -0.15) is 0 Å². The van der Waals surface area contributed by atoms with E-state index in [1.807, 2.05) is 18.2 Å². The van der Waals surface area contributed by atoms with Crippen LogP contribution in [-0.2, 0) is 36.9 Å². The third-order valence-corrected chi connectivity index (χ3v) is 4.74. The Bertz CT molecular complexity index is 922. The molecule has 0 aliphatic heterocycles. The molecule has 0 saturated carbocycles. The number of esters is 1. The van der Waals surface area contributed by atoms with Crippen molar-refractivity contribution in [1.82, 2.24) is 10.6 Å². The van der Waals surface area contributed by atoms with Crippen molar-refractivity contribution < 1.29 is 28.7 Å². The van der Waals surface area contributed by atoms with Crippen molar-refractivity contribution in [3.05, 3.63) is 70.2 Å². The van der Waals surface area contributed by atoms with Crippen LogP contribution in [0.15, 0.2) is 59.1 Å². The van der Waals surface area contributed by atoms with Crippen LogP contribution in [0.3, 0.4) is 0 Å². The number of hydrogen-bond acceptors (Lipinski definition) is 6. The molecule has 1 atom stereocenters. The topological polar surface area (TPSA) is 137 Å². The molecule has 31 heavy (non-hydrogen) atoms. The Kier molecular flexibility index (Phi) is 9.50. The molecule has 2 rings (SSSR count). The second kappa shape index (κ2) is 12.3. The minimum Gasteiger partial charge on any atom is -0.454 e. The summed E-state index contributed by atoms with van der Waals surface area (Å²) in [5.74, 6) is -2.28. The highest BCUT2D eigenvalue weighted by Crippen LogP contribution is 2.18. The number of carbonyl (C=O) groups excluding carboxylic acids is 4. The average Bonchev–Trinajstić information content (AvgIpc) is 2.76. The number of amides is 3. The first-order valence-electron chi connectivity index (χ1n) is 9.27. The normalized spacial score (nSPS) is 11.1. The number of primary amides is 1. The number of benzene rings is 2. The zero-order chi connectivity index (χ0) is 22.6. The molecule has 2 aromatic rings. The Morgan fingerprint density at radius 2 is 1.65 bits per heavy atom. The maximum absolute atomic E-state index is 12.3. The minimum absolute atomic E-state index is 0.0540. The molecular formula is C21H22BrN3O6. The molecule has 2 aromatic carbocycles. The summed E-state index contributed by atoms with van der Waals surface area (Å²) in [6, 6.07) is 15.1. The summed E-state index contributed by atoms with van der Waals surface area (Å²) in [7, 11) is 0. The summed E-state index contributed by atoms with van der Waals surface area (Å²) in [6.45, 7) is -0.965. The van der Waals surface area contributed by atoms with Crippen molar-refractivity contribution in [2.45, 2.75) is 19.1 Å². The summed E-state index contributed by atoms with van der Waals surface area (Å²) in [5.41, 5.74) is 6.53. The maximum Gasteiger partial charge on any atom is 0.407 e. The van der Waals surface area contributed by atoms with Gasteiger partial charge in [-0.3, -0.25) is 9.59 Å². The van der Waals surface area contributed by atoms with Crippen LogP contribution in [0.25, 0.3) is 0 Å². The van der Waals surface area contributed by atoms with Crippen molar-refractivity contribution in [1.29, 1.82) is 0 Å². The Morgan fingerprint density at radius 1 is 0.968 bits per heavy atom. The fourth-order valence-electron chi connectivity index (χ4n) is 2.49. The Hall–Kier alpha value is -3.40. The van der Waals surface area contributed by atoms with Gasteiger partial charge in [-0.05, 0) is 17.2 Å². The van der Waals surface area contributed by atoms with Gasteiger partial charge in [0.05, 0.1) is 0 Å². The number of hydrogen-bond donors (Lipinski definition) is 3. The summed E-state index contributed by atoms with van der Waals surface area (Å²) in [4.78, 5) is 47.3. The standard InChI is InChI=1S/C21H22BrN3O6/c22-16-9-5-4-8-15(16)10-17(20(28)30-13-18(23)26)25-19(27)11-24-21(29)31-12-14-6-2-1-3-7-14/h1-9,17H,10-13H2,(H2,23,26)(H,24,29)(H,25,27)/t17-/m0/s1. The number of rotatable bonds is 10. The first kappa shape index (κ1) is 23.9. The number of ether oxygens (including phenoxy) is 2. The van der Waals surface area contributed by atoms with E-state index in [9.17, 15) is 19.2 Å². The second-order valence-electron chi connectivity index (χ2n) is 6.40. The first-order chi connectivity index (χ1) is 14.8. The third-order valence-electron chi connectivity index (χ3n) is 3.96. The molecule has 3 amide bonds. The van der Waals surface area contributed by atoms with Crippen molar-refractivity contribution in [3.8, 4) is 0 Å². The molecule has 0 unspecified atom stereocenters. The molecule has 0 aromatic heterocycles. The summed E-state index contributed by atoms with van der Waals surface area (Å²) in [6.07, 6.45) is -0.680. The molecular weight excluding hydrogens is 470 g/mol. The molecule has 9 nitrogen and oxygen atoms in total. The quantitative estimate of drug-likeness (QED) is 0.430. The van der Waals surface area contributed by atoms with Gasteiger partial charge in [0.1, 0.15) is 19.2 Å². The van der Waals surface area contributed by atoms with E-state index in [-0.39, 0.29) is 13.0 Å². The van der Waals surface area contributed by atoms with E-state index in [0.717, 1.165) is 15.6 Å². The van der Waals surface area contributed by atoms with Crippen LogP contribution in [0.4, 0.5) is 4.79 Å². The largest absolute Gasteiger partial charge is 0.454 e. The Morgan fingerprint density at radius 3 is 2.32 bits per heavy atom. The van der Waals surface area contributed by atoms with Crippen LogP contribution in [0.2, 0.25) is 0 Å². The molecule has 0 spiro atoms. The fourth-order valence-corrected chi connectivity index (χ4v) is 2.94. The predicted molar refractivity (Wildman–Crippen MR) is 115 cm³/mol. The van der Waals surface area contributed by atoms with Gasteiger partial charge in [0.25, 0.3) is 5.91 Å². The Labute approximate surface area is 187 Å². The lowest BCUT2D eigenvalue weighted by Crippen LogP contribution is -2.47. The van der Waals surface area contributed by atoms with Crippen LogP contribution in [0.5, 0.6) is 0 Å². The van der Waals surface area contributed by atoms with Crippen LogP contribution >= 0.6 is 15.9 Å². The zero-order valence-corrected chi connectivity index (χ0v) is 18.1. The summed E-state index contributed by atoms with van der Waals surface area (Å²) < 4.78 is 10.6. The van der Waals surface area contributed by atoms with Crippen LogP contribution in [0, 0.1) is 0 Å². The van der Waals surface area contributed by atoms with E-state index in [1.54, 1.807) is 36.4 Å². The number of alkyl carbamates (subject to hydrolysis) is 1. The van der Waals surface area contributed by atoms with Crippen molar-refractivity contribution in [2.75, 3.05) is 13.2 Å². The van der Waals surface area contributed by atoms with Crippen LogP contribution < -0.4 is 16.4 Å². The highest BCUT2D eigenvalue weighted by Gasteiger charge is 2.24. The van der Waals surface area contributed by atoms with Gasteiger partial charge in [-0.25, -0.2) is 9.59 Å². The smallest absolute Gasteiger partial charge is 0.407 e. The van der Waals surface area contributed by atoms with Gasteiger partial charge in [0, 0.05) is 10.9 Å². The van der Waals surface area contributed by atoms with Gasteiger partial charge in [-0.1, -0.05) is 64.5 Å². The van der Waals surface area contributed by atoms with Gasteiger partial charge in [-0.15, -0.1) is 0 Å². The molecule has 0 aliphatic rings. The van der Waals surface area contributed by atoms with E-state index < -0.39 is 43.1 Å². The highest BCUT2D eigenvalue weighted by molar-refractivity contribution is 9.10. The zero-order valence-electron chi connectivity index (χ0n) is 16.5. The van der Waals surface area contributed by atoms with E-state index in [1.165, 1.54) is 0 Å². The lowest BCUT2D eigenvalue weighted by molar-refractivity contribution is -0.151. The monoisotopic (exact) mass is 491 g/mol. The lowest BCUT2D eigenvalue weighted by atomic mass is 10.1. The number of nitrogens with one attached hydrogen (secondary N) is 2. The van der Waals surface area contributed by atoms with E-state index >= 15 is 0 Å². The van der Waals surface area contributed by atoms with Gasteiger partial charge in [0.15, 0.2) is 6.61 Å². The summed E-state index contributed by atoms with van der Waals surface area (Å²) >= 11 is 3.38. The average molecular weight is 492 g/mol. The molecule has 0 bridgehead atoms. The molecule has 0 fully saturated rings. The molecule has 0 aliphatic carbocycles. The van der Waals surface area contributed by atoms with Gasteiger partial charge in [0.2, 0.25) is 5.91 Å². The minimum atomic E-state index is -1.09. The first-order valence-corrected chi connectivity index (χ1v) is 10.1. The predicted octanol–water partition coefficient (Wildman–Crippen LogP) is 1.43. The van der Waals surface area contributed by atoms with E-state index in [4.69, 9.17) is 15.2 Å². The third kappa shape index (κ3) is 8.87. The molecule has 0 heterocycles. The molecule has 10 heteroatoms. The number of carbonyl (C=O) groups is 4. The highest BCUT2D eigenvalue weighted by atomic mass is 79.9. The van der Waals surface area contributed by atoms with Gasteiger partial charge < -0.3 is 25.8 Å². The van der Waals surface area contributed by atoms with Crippen molar-refractivity contribution in [2.24, 2.45) is 5.73 Å². The maximum atomic E-state index is 12.3. The molecule has 164 valence electrons. The van der Waals surface area contributed by atoms with Crippen molar-refractivity contribution >= 4 is 39.8 Å². The molecule has 0 radical (unpaired) electrons. The number of nitrogens with two attached hydrogens (primary N) is 1. The summed E-state index contributed by atoms with van der Waals surface area (Å²) in [5, 5.41) is 4.80. The van der Waals surface area contributed by atoms with Crippen LogP contribution in [0.1, 0.15) is 11.1 Å². The Balaban J connectivity index is 1.89.